The van der Waals surface area contributed by atoms with Crippen LogP contribution in [0, 0.1) is 0 Å². The molecule has 0 aliphatic heterocycles. The minimum Gasteiger partial charge on any atom is -0.493 e. The molecule has 8 nitrogen and oxygen atoms in total. The van der Waals surface area contributed by atoms with Crippen molar-refractivity contribution in [1.82, 2.24) is 25.5 Å². The second kappa shape index (κ2) is 11.1. The molecule has 4 aromatic rings. The van der Waals surface area contributed by atoms with Crippen LogP contribution in [-0.2, 0) is 11.3 Å². The SMILES string of the molecule is COc1ccc(-c2nnn(CC(=O)NCCC(c3ccccc3)c3ccccc3)n2)cc1OC. The Morgan fingerprint density at radius 3 is 2.18 bits per heavy atom. The molecule has 34 heavy (non-hydrogen) atoms. The van der Waals surface area contributed by atoms with Gasteiger partial charge in [-0.05, 0) is 41.0 Å². The highest BCUT2D eigenvalue weighted by Crippen LogP contribution is 2.31. The number of carbonyl (C=O) groups is 1. The Balaban J connectivity index is 1.36. The second-order valence-corrected chi connectivity index (χ2v) is 7.73. The Bertz CT molecular complexity index is 1170. The van der Waals surface area contributed by atoms with Gasteiger partial charge in [-0.2, -0.15) is 4.80 Å². The zero-order valence-electron chi connectivity index (χ0n) is 19.2. The van der Waals surface area contributed by atoms with E-state index in [1.807, 2.05) is 42.5 Å². The van der Waals surface area contributed by atoms with Gasteiger partial charge in [0.2, 0.25) is 11.7 Å². The zero-order valence-corrected chi connectivity index (χ0v) is 19.2. The monoisotopic (exact) mass is 457 g/mol. The predicted octanol–water partition coefficient (Wildman–Crippen LogP) is 3.70. The molecule has 0 unspecified atom stereocenters. The standard InChI is InChI=1S/C26H27N5O3/c1-33-23-14-13-21(17-24(23)34-2)26-28-30-31(29-26)18-25(32)27-16-15-22(19-9-5-3-6-10-19)20-11-7-4-8-12-20/h3-14,17,22H,15-16,18H2,1-2H3,(H,27,32). The average molecular weight is 458 g/mol. The van der Waals surface area contributed by atoms with Crippen LogP contribution in [-0.4, -0.2) is 46.9 Å². The Labute approximate surface area is 198 Å². The van der Waals surface area contributed by atoms with E-state index >= 15 is 0 Å². The lowest BCUT2D eigenvalue weighted by molar-refractivity contribution is -0.122. The lowest BCUT2D eigenvalue weighted by Gasteiger charge is -2.18. The van der Waals surface area contributed by atoms with Crippen molar-refractivity contribution in [3.8, 4) is 22.9 Å². The number of tetrazole rings is 1. The third-order valence-corrected chi connectivity index (χ3v) is 5.54. The van der Waals surface area contributed by atoms with Gasteiger partial charge < -0.3 is 14.8 Å². The maximum absolute atomic E-state index is 12.5. The fraction of sp³-hybridized carbons (Fsp3) is 0.231. The highest BCUT2D eigenvalue weighted by atomic mass is 16.5. The molecular weight excluding hydrogens is 430 g/mol. The van der Waals surface area contributed by atoms with Crippen molar-refractivity contribution in [2.24, 2.45) is 0 Å². The molecule has 0 radical (unpaired) electrons. The number of aromatic nitrogens is 4. The van der Waals surface area contributed by atoms with Crippen molar-refractivity contribution in [2.45, 2.75) is 18.9 Å². The van der Waals surface area contributed by atoms with E-state index in [1.54, 1.807) is 26.4 Å². The van der Waals surface area contributed by atoms with Gasteiger partial charge in [-0.25, -0.2) is 0 Å². The van der Waals surface area contributed by atoms with Gasteiger partial charge in [0.15, 0.2) is 11.5 Å². The largest absolute Gasteiger partial charge is 0.493 e. The maximum atomic E-state index is 12.5. The van der Waals surface area contributed by atoms with E-state index in [4.69, 9.17) is 9.47 Å². The Hall–Kier alpha value is -4.20. The predicted molar refractivity (Wildman–Crippen MR) is 129 cm³/mol. The first-order valence-electron chi connectivity index (χ1n) is 11.0. The highest BCUT2D eigenvalue weighted by molar-refractivity contribution is 5.75. The van der Waals surface area contributed by atoms with Crippen molar-refractivity contribution < 1.29 is 14.3 Å². The molecule has 8 heteroatoms. The molecule has 0 fully saturated rings. The summed E-state index contributed by atoms with van der Waals surface area (Å²) in [6.07, 6.45) is 0.779. The van der Waals surface area contributed by atoms with Gasteiger partial charge >= 0.3 is 0 Å². The number of nitrogens with zero attached hydrogens (tertiary/aromatic N) is 4. The summed E-state index contributed by atoms with van der Waals surface area (Å²) in [6.45, 7) is 0.520. The van der Waals surface area contributed by atoms with Crippen LogP contribution in [0.2, 0.25) is 0 Å². The summed E-state index contributed by atoms with van der Waals surface area (Å²) >= 11 is 0. The van der Waals surface area contributed by atoms with Crippen LogP contribution in [0.25, 0.3) is 11.4 Å². The van der Waals surface area contributed by atoms with E-state index in [0.29, 0.717) is 23.9 Å². The zero-order chi connectivity index (χ0) is 23.8. The lowest BCUT2D eigenvalue weighted by Crippen LogP contribution is -2.30. The number of ether oxygens (including phenoxy) is 2. The van der Waals surface area contributed by atoms with Gasteiger partial charge in [-0.15, -0.1) is 10.2 Å². The average Bonchev–Trinajstić information content (AvgIpc) is 3.35. The third kappa shape index (κ3) is 5.58. The summed E-state index contributed by atoms with van der Waals surface area (Å²) in [7, 11) is 3.14. The maximum Gasteiger partial charge on any atom is 0.243 e. The number of nitrogens with one attached hydrogen (secondary N) is 1. The van der Waals surface area contributed by atoms with Crippen LogP contribution >= 0.6 is 0 Å². The van der Waals surface area contributed by atoms with Crippen molar-refractivity contribution in [2.75, 3.05) is 20.8 Å². The quantitative estimate of drug-likeness (QED) is 0.391. The van der Waals surface area contributed by atoms with Crippen LogP contribution in [0.3, 0.4) is 0 Å². The molecule has 3 aromatic carbocycles. The fourth-order valence-electron chi connectivity index (χ4n) is 3.84. The molecule has 0 saturated carbocycles. The second-order valence-electron chi connectivity index (χ2n) is 7.73. The van der Waals surface area contributed by atoms with Crippen molar-refractivity contribution >= 4 is 5.91 Å². The van der Waals surface area contributed by atoms with Crippen molar-refractivity contribution in [1.29, 1.82) is 0 Å². The van der Waals surface area contributed by atoms with Gasteiger partial charge in [0.05, 0.1) is 14.2 Å². The molecule has 1 heterocycles. The van der Waals surface area contributed by atoms with E-state index in [2.05, 4.69) is 45.0 Å². The van der Waals surface area contributed by atoms with Crippen LogP contribution in [0.5, 0.6) is 11.5 Å². The number of methoxy groups -OCH3 is 2. The van der Waals surface area contributed by atoms with Gasteiger partial charge in [-0.3, -0.25) is 4.79 Å². The molecule has 0 aliphatic rings. The van der Waals surface area contributed by atoms with Crippen LogP contribution < -0.4 is 14.8 Å². The van der Waals surface area contributed by atoms with Gasteiger partial charge in [0.25, 0.3) is 0 Å². The summed E-state index contributed by atoms with van der Waals surface area (Å²) in [5, 5.41) is 15.4. The Morgan fingerprint density at radius 2 is 1.56 bits per heavy atom. The summed E-state index contributed by atoms with van der Waals surface area (Å²) in [6, 6.07) is 26.0. The van der Waals surface area contributed by atoms with Crippen LogP contribution in [0.1, 0.15) is 23.5 Å². The Kier molecular flexibility index (Phi) is 7.49. The van der Waals surface area contributed by atoms with Crippen LogP contribution in [0.15, 0.2) is 78.9 Å². The van der Waals surface area contributed by atoms with E-state index in [1.165, 1.54) is 15.9 Å². The highest BCUT2D eigenvalue weighted by Gasteiger charge is 2.15. The number of hydrogen-bond donors (Lipinski definition) is 1. The van der Waals surface area contributed by atoms with Gasteiger partial charge in [0, 0.05) is 18.0 Å². The smallest absolute Gasteiger partial charge is 0.243 e. The van der Waals surface area contributed by atoms with E-state index < -0.39 is 0 Å². The molecule has 0 atom stereocenters. The van der Waals surface area contributed by atoms with Gasteiger partial charge in [-0.1, -0.05) is 60.7 Å². The number of hydrogen-bond acceptors (Lipinski definition) is 6. The molecule has 1 aromatic heterocycles. The summed E-state index contributed by atoms with van der Waals surface area (Å²) in [5.74, 6) is 1.62. The molecular formula is C26H27N5O3. The molecule has 0 saturated heterocycles. The molecule has 1 N–H and O–H groups in total. The third-order valence-electron chi connectivity index (χ3n) is 5.54. The molecule has 1 amide bonds. The van der Waals surface area contributed by atoms with Crippen molar-refractivity contribution in [3.63, 3.8) is 0 Å². The summed E-state index contributed by atoms with van der Waals surface area (Å²) < 4.78 is 10.6. The van der Waals surface area contributed by atoms with Crippen LogP contribution in [0.4, 0.5) is 0 Å². The number of carbonyl (C=O) groups excluding carboxylic acids is 1. The normalized spacial score (nSPS) is 10.8. The van der Waals surface area contributed by atoms with E-state index in [9.17, 15) is 4.79 Å². The fourth-order valence-corrected chi connectivity index (χ4v) is 3.84. The minimum absolute atomic E-state index is 0.0123. The Morgan fingerprint density at radius 1 is 0.912 bits per heavy atom. The first-order chi connectivity index (χ1) is 16.7. The molecule has 4 rings (SSSR count). The number of rotatable bonds is 10. The molecule has 0 aliphatic carbocycles. The van der Waals surface area contributed by atoms with Crippen molar-refractivity contribution in [3.05, 3.63) is 90.0 Å². The summed E-state index contributed by atoms with van der Waals surface area (Å²) in [5.41, 5.74) is 3.17. The summed E-state index contributed by atoms with van der Waals surface area (Å²) in [4.78, 5) is 13.8. The molecule has 174 valence electrons. The molecule has 0 spiro atoms. The first kappa shape index (κ1) is 23.0. The minimum atomic E-state index is -0.170. The lowest BCUT2D eigenvalue weighted by atomic mass is 9.88. The molecule has 0 bridgehead atoms. The van der Waals surface area contributed by atoms with E-state index in [0.717, 1.165) is 12.0 Å². The number of amides is 1. The number of benzene rings is 3. The van der Waals surface area contributed by atoms with Gasteiger partial charge in [0.1, 0.15) is 6.54 Å². The van der Waals surface area contributed by atoms with E-state index in [-0.39, 0.29) is 18.4 Å². The topological polar surface area (TPSA) is 91.2 Å². The first-order valence-corrected chi connectivity index (χ1v) is 11.0.